The number of hydrogen-bond donors (Lipinski definition) is 2. The number of aryl methyl sites for hydroxylation is 2. The second kappa shape index (κ2) is 5.33. The Morgan fingerprint density at radius 1 is 1.53 bits per heavy atom. The van der Waals surface area contributed by atoms with Crippen LogP contribution in [-0.4, -0.2) is 30.2 Å². The number of aromatic nitrogens is 1. The highest BCUT2D eigenvalue weighted by Crippen LogP contribution is 2.29. The molecule has 0 aliphatic carbocycles. The Balaban J connectivity index is 1.97. The average Bonchev–Trinajstić information content (AvgIpc) is 2.67. The van der Waals surface area contributed by atoms with Gasteiger partial charge in [-0.15, -0.1) is 0 Å². The first-order valence-electron chi connectivity index (χ1n) is 6.86. The summed E-state index contributed by atoms with van der Waals surface area (Å²) in [5.41, 5.74) is 1.42. The van der Waals surface area contributed by atoms with E-state index in [1.165, 1.54) is 12.8 Å². The van der Waals surface area contributed by atoms with Crippen molar-refractivity contribution >= 4 is 5.91 Å². The number of nitrogens with one attached hydrogen (secondary N) is 2. The molecule has 19 heavy (non-hydrogen) atoms. The number of nitrogens with zero attached hydrogens (tertiary/aromatic N) is 1. The molecule has 0 aromatic carbocycles. The Bertz CT molecular complexity index is 446. The van der Waals surface area contributed by atoms with Crippen LogP contribution in [0.2, 0.25) is 0 Å². The zero-order valence-electron chi connectivity index (χ0n) is 12.2. The first-order valence-corrected chi connectivity index (χ1v) is 6.86. The van der Waals surface area contributed by atoms with Crippen LogP contribution in [0, 0.1) is 19.3 Å². The highest BCUT2D eigenvalue weighted by Gasteiger charge is 2.32. The molecule has 1 atom stereocenters. The van der Waals surface area contributed by atoms with E-state index in [4.69, 9.17) is 4.52 Å². The Kier molecular flexibility index (Phi) is 3.94. The fraction of sp³-hybridized carbons (Fsp3) is 0.714. The number of carbonyl (C=O) groups is 1. The fourth-order valence-corrected chi connectivity index (χ4v) is 2.71. The summed E-state index contributed by atoms with van der Waals surface area (Å²) in [6.45, 7) is 9.69. The fourth-order valence-electron chi connectivity index (χ4n) is 2.71. The predicted molar refractivity (Wildman–Crippen MR) is 73.1 cm³/mol. The molecule has 0 saturated carbocycles. The van der Waals surface area contributed by atoms with Gasteiger partial charge in [0.15, 0.2) is 0 Å². The van der Waals surface area contributed by atoms with Gasteiger partial charge in [-0.1, -0.05) is 19.0 Å². The van der Waals surface area contributed by atoms with Gasteiger partial charge in [0.1, 0.15) is 11.3 Å². The van der Waals surface area contributed by atoms with Crippen molar-refractivity contribution in [2.45, 2.75) is 46.6 Å². The van der Waals surface area contributed by atoms with Crippen LogP contribution in [0.25, 0.3) is 0 Å². The lowest BCUT2D eigenvalue weighted by Gasteiger charge is -2.39. The van der Waals surface area contributed by atoms with E-state index < -0.39 is 0 Å². The molecule has 0 radical (unpaired) electrons. The molecule has 2 N–H and O–H groups in total. The summed E-state index contributed by atoms with van der Waals surface area (Å²) in [6, 6.07) is 0.311. The molecule has 106 valence electrons. The molecule has 1 aliphatic rings. The SMILES string of the molecule is Cc1noc(C)c1C(=O)NCC1NCCCC1(C)C. The topological polar surface area (TPSA) is 67.2 Å². The minimum Gasteiger partial charge on any atom is -0.361 e. The molecular formula is C14H23N3O2. The summed E-state index contributed by atoms with van der Waals surface area (Å²) in [5.74, 6) is 0.477. The van der Waals surface area contributed by atoms with Crippen molar-refractivity contribution in [3.63, 3.8) is 0 Å². The minimum absolute atomic E-state index is 0.0978. The summed E-state index contributed by atoms with van der Waals surface area (Å²) in [6.07, 6.45) is 2.38. The second-order valence-electron chi connectivity index (χ2n) is 6.01. The average molecular weight is 265 g/mol. The summed E-state index contributed by atoms with van der Waals surface area (Å²) in [4.78, 5) is 12.2. The largest absolute Gasteiger partial charge is 0.361 e. The van der Waals surface area contributed by atoms with Crippen LogP contribution in [0.5, 0.6) is 0 Å². The van der Waals surface area contributed by atoms with Crippen LogP contribution in [0.1, 0.15) is 48.5 Å². The maximum absolute atomic E-state index is 12.2. The van der Waals surface area contributed by atoms with Crippen molar-refractivity contribution in [1.29, 1.82) is 0 Å². The Morgan fingerprint density at radius 3 is 2.84 bits per heavy atom. The zero-order valence-corrected chi connectivity index (χ0v) is 12.2. The van der Waals surface area contributed by atoms with Gasteiger partial charge in [-0.2, -0.15) is 0 Å². The lowest BCUT2D eigenvalue weighted by atomic mass is 9.77. The van der Waals surface area contributed by atoms with Gasteiger partial charge in [0.05, 0.1) is 5.69 Å². The Morgan fingerprint density at radius 2 is 2.26 bits per heavy atom. The molecule has 1 aromatic rings. The van der Waals surface area contributed by atoms with Crippen LogP contribution in [0.15, 0.2) is 4.52 Å². The van der Waals surface area contributed by atoms with E-state index in [-0.39, 0.29) is 11.3 Å². The van der Waals surface area contributed by atoms with E-state index in [0.29, 0.717) is 29.6 Å². The molecule has 0 bridgehead atoms. The number of amides is 1. The third-order valence-corrected chi connectivity index (χ3v) is 4.06. The molecule has 1 saturated heterocycles. The predicted octanol–water partition coefficient (Wildman–Crippen LogP) is 1.80. The highest BCUT2D eigenvalue weighted by molar-refractivity contribution is 5.96. The molecule has 2 heterocycles. The van der Waals surface area contributed by atoms with E-state index in [1.807, 2.05) is 0 Å². The standard InChI is InChI=1S/C14H23N3O2/c1-9-12(10(2)19-17-9)13(18)16-8-11-14(3,4)6-5-7-15-11/h11,15H,5-8H2,1-4H3,(H,16,18). The summed E-state index contributed by atoms with van der Waals surface area (Å²) in [7, 11) is 0. The molecule has 5 heteroatoms. The van der Waals surface area contributed by atoms with Gasteiger partial charge >= 0.3 is 0 Å². The maximum Gasteiger partial charge on any atom is 0.256 e. The number of carbonyl (C=O) groups excluding carboxylic acids is 1. The molecule has 1 fully saturated rings. The monoisotopic (exact) mass is 265 g/mol. The van der Waals surface area contributed by atoms with E-state index in [2.05, 4.69) is 29.6 Å². The molecule has 0 spiro atoms. The number of piperidine rings is 1. The third kappa shape index (κ3) is 2.97. The Labute approximate surface area is 114 Å². The second-order valence-corrected chi connectivity index (χ2v) is 6.01. The van der Waals surface area contributed by atoms with E-state index in [9.17, 15) is 4.79 Å². The van der Waals surface area contributed by atoms with Gasteiger partial charge < -0.3 is 15.2 Å². The highest BCUT2D eigenvalue weighted by atomic mass is 16.5. The van der Waals surface area contributed by atoms with Gasteiger partial charge in [0, 0.05) is 12.6 Å². The minimum atomic E-state index is -0.0978. The van der Waals surface area contributed by atoms with Crippen molar-refractivity contribution in [1.82, 2.24) is 15.8 Å². The summed E-state index contributed by atoms with van der Waals surface area (Å²) >= 11 is 0. The molecule has 1 aliphatic heterocycles. The van der Waals surface area contributed by atoms with E-state index in [0.717, 1.165) is 6.54 Å². The van der Waals surface area contributed by atoms with Crippen molar-refractivity contribution in [3.8, 4) is 0 Å². The zero-order chi connectivity index (χ0) is 14.0. The lowest BCUT2D eigenvalue weighted by molar-refractivity contribution is 0.0927. The number of hydrogen-bond acceptors (Lipinski definition) is 4. The Hall–Kier alpha value is -1.36. The molecular weight excluding hydrogens is 242 g/mol. The molecule has 1 amide bonds. The maximum atomic E-state index is 12.2. The third-order valence-electron chi connectivity index (χ3n) is 4.06. The van der Waals surface area contributed by atoms with Gasteiger partial charge in [-0.25, -0.2) is 0 Å². The van der Waals surface area contributed by atoms with Gasteiger partial charge in [0.25, 0.3) is 5.91 Å². The van der Waals surface area contributed by atoms with Crippen LogP contribution >= 0.6 is 0 Å². The van der Waals surface area contributed by atoms with E-state index in [1.54, 1.807) is 13.8 Å². The molecule has 1 unspecified atom stereocenters. The van der Waals surface area contributed by atoms with Crippen LogP contribution in [0.3, 0.4) is 0 Å². The van der Waals surface area contributed by atoms with Gasteiger partial charge in [-0.05, 0) is 38.6 Å². The quantitative estimate of drug-likeness (QED) is 0.874. The van der Waals surface area contributed by atoms with Crippen molar-refractivity contribution < 1.29 is 9.32 Å². The smallest absolute Gasteiger partial charge is 0.256 e. The first-order chi connectivity index (χ1) is 8.92. The summed E-state index contributed by atoms with van der Waals surface area (Å²) < 4.78 is 5.02. The summed E-state index contributed by atoms with van der Waals surface area (Å²) in [5, 5.41) is 10.3. The van der Waals surface area contributed by atoms with Gasteiger partial charge in [-0.3, -0.25) is 4.79 Å². The van der Waals surface area contributed by atoms with Crippen molar-refractivity contribution in [2.75, 3.05) is 13.1 Å². The van der Waals surface area contributed by atoms with Gasteiger partial charge in [0.2, 0.25) is 0 Å². The van der Waals surface area contributed by atoms with E-state index >= 15 is 0 Å². The molecule has 1 aromatic heterocycles. The van der Waals surface area contributed by atoms with Crippen LogP contribution < -0.4 is 10.6 Å². The first kappa shape index (κ1) is 14.1. The van der Waals surface area contributed by atoms with Crippen molar-refractivity contribution in [3.05, 3.63) is 17.0 Å². The van der Waals surface area contributed by atoms with Crippen LogP contribution in [0.4, 0.5) is 0 Å². The normalized spacial score (nSPS) is 22.2. The van der Waals surface area contributed by atoms with Crippen LogP contribution in [-0.2, 0) is 0 Å². The molecule has 5 nitrogen and oxygen atoms in total. The molecule has 2 rings (SSSR count). The van der Waals surface area contributed by atoms with Crippen molar-refractivity contribution in [2.24, 2.45) is 5.41 Å². The number of rotatable bonds is 3. The lowest BCUT2D eigenvalue weighted by Crippen LogP contribution is -2.52.